The van der Waals surface area contributed by atoms with Gasteiger partial charge in [0.1, 0.15) is 0 Å². The predicted octanol–water partition coefficient (Wildman–Crippen LogP) is 2.06. The van der Waals surface area contributed by atoms with Crippen molar-refractivity contribution in [3.8, 4) is 0 Å². The topological polar surface area (TPSA) is 86.2 Å². The minimum Gasteiger partial charge on any atom is -0.399 e. The molecule has 0 aromatic heterocycles. The highest BCUT2D eigenvalue weighted by Gasteiger charge is 2.18. The Morgan fingerprint density at radius 3 is 2.67 bits per heavy atom. The van der Waals surface area contributed by atoms with Crippen molar-refractivity contribution in [2.24, 2.45) is 0 Å². The number of Topliss-reactive ketones (excluding diaryl/α,β-unsaturated/α-hetero) is 1. The number of ketones is 1. The number of carbonyl (C=O) groups excluding carboxylic acids is 1. The molecule has 0 bridgehead atoms. The Bertz CT molecular complexity index is 432. The second-order valence-corrected chi connectivity index (χ2v) is 3.59. The van der Waals surface area contributed by atoms with Crippen LogP contribution < -0.4 is 5.73 Å². The molecule has 0 amide bonds. The van der Waals surface area contributed by atoms with Crippen LogP contribution in [-0.4, -0.2) is 16.0 Å². The van der Waals surface area contributed by atoms with Crippen molar-refractivity contribution in [2.75, 3.05) is 11.1 Å². The number of anilines is 1. The van der Waals surface area contributed by atoms with Crippen LogP contribution in [0.25, 0.3) is 0 Å². The summed E-state index contributed by atoms with van der Waals surface area (Å²) in [5.74, 6) is -0.220. The first-order chi connectivity index (χ1) is 6.97. The number of carbonyl (C=O) groups is 1. The molecule has 15 heavy (non-hydrogen) atoms. The second-order valence-electron chi connectivity index (χ2n) is 3.03. The number of benzene rings is 1. The Morgan fingerprint density at radius 2 is 2.20 bits per heavy atom. The molecule has 1 rings (SSSR count). The van der Waals surface area contributed by atoms with Crippen LogP contribution in [0.3, 0.4) is 0 Å². The zero-order valence-corrected chi connectivity index (χ0v) is 9.58. The minimum absolute atomic E-state index is 0.119. The van der Waals surface area contributed by atoms with Crippen LogP contribution in [-0.2, 0) is 0 Å². The molecule has 80 valence electrons. The van der Waals surface area contributed by atoms with E-state index in [4.69, 9.17) is 5.73 Å². The number of nitrogens with two attached hydrogens (primary N) is 1. The Hall–Kier alpha value is -1.43. The zero-order chi connectivity index (χ0) is 11.6. The van der Waals surface area contributed by atoms with Gasteiger partial charge in [-0.15, -0.1) is 0 Å². The second kappa shape index (κ2) is 4.39. The monoisotopic (exact) mass is 272 g/mol. The fraction of sp³-hybridized carbons (Fsp3) is 0.222. The lowest BCUT2D eigenvalue weighted by Gasteiger charge is -2.05. The quantitative estimate of drug-likeness (QED) is 0.300. The maximum absolute atomic E-state index is 11.4. The summed E-state index contributed by atoms with van der Waals surface area (Å²) in [5, 5.41) is 10.8. The van der Waals surface area contributed by atoms with Crippen LogP contribution in [0.4, 0.5) is 11.4 Å². The Kier molecular flexibility index (Phi) is 3.41. The van der Waals surface area contributed by atoms with Gasteiger partial charge < -0.3 is 5.73 Å². The zero-order valence-electron chi connectivity index (χ0n) is 7.99. The molecule has 0 fully saturated rings. The summed E-state index contributed by atoms with van der Waals surface area (Å²) < 4.78 is 0. The van der Waals surface area contributed by atoms with Crippen LogP contribution in [0.1, 0.15) is 15.9 Å². The molecule has 0 aliphatic heterocycles. The minimum atomic E-state index is -0.545. The van der Waals surface area contributed by atoms with E-state index in [-0.39, 0.29) is 22.5 Å². The van der Waals surface area contributed by atoms with Crippen molar-refractivity contribution < 1.29 is 9.72 Å². The lowest BCUT2D eigenvalue weighted by Crippen LogP contribution is -2.06. The fourth-order valence-electron chi connectivity index (χ4n) is 1.27. The Balaban J connectivity index is 3.41. The number of nitrogen functional groups attached to an aromatic ring is 1. The highest BCUT2D eigenvalue weighted by atomic mass is 79.9. The van der Waals surface area contributed by atoms with Gasteiger partial charge in [0, 0.05) is 22.9 Å². The van der Waals surface area contributed by atoms with E-state index in [0.29, 0.717) is 11.1 Å². The summed E-state index contributed by atoms with van der Waals surface area (Å²) in [7, 11) is 0. The van der Waals surface area contributed by atoms with Gasteiger partial charge in [0.25, 0.3) is 5.69 Å². The molecule has 0 spiro atoms. The molecule has 0 unspecified atom stereocenters. The first-order valence-electron chi connectivity index (χ1n) is 4.11. The average molecular weight is 273 g/mol. The van der Waals surface area contributed by atoms with E-state index < -0.39 is 4.92 Å². The van der Waals surface area contributed by atoms with E-state index in [2.05, 4.69) is 15.9 Å². The number of nitrogens with zero attached hydrogens (tertiary/aromatic N) is 1. The number of nitro benzene ring substituents is 1. The molecule has 0 heterocycles. The van der Waals surface area contributed by atoms with Crippen LogP contribution >= 0.6 is 15.9 Å². The third kappa shape index (κ3) is 2.33. The number of nitro groups is 1. The third-order valence-electron chi connectivity index (χ3n) is 2.02. The molecule has 1 aromatic rings. The van der Waals surface area contributed by atoms with Crippen LogP contribution in [0.15, 0.2) is 12.1 Å². The summed E-state index contributed by atoms with van der Waals surface area (Å²) in [6, 6.07) is 2.70. The highest BCUT2D eigenvalue weighted by molar-refractivity contribution is 9.09. The maximum atomic E-state index is 11.4. The largest absolute Gasteiger partial charge is 0.399 e. The first-order valence-corrected chi connectivity index (χ1v) is 5.23. The normalized spacial score (nSPS) is 10.0. The molecule has 0 aliphatic rings. The van der Waals surface area contributed by atoms with E-state index >= 15 is 0 Å². The summed E-state index contributed by atoms with van der Waals surface area (Å²) in [6.07, 6.45) is 0. The van der Waals surface area contributed by atoms with Crippen molar-refractivity contribution in [3.05, 3.63) is 33.4 Å². The maximum Gasteiger partial charge on any atom is 0.275 e. The molecule has 2 N–H and O–H groups in total. The van der Waals surface area contributed by atoms with Gasteiger partial charge in [-0.25, -0.2) is 0 Å². The van der Waals surface area contributed by atoms with Gasteiger partial charge >= 0.3 is 0 Å². The molecule has 0 saturated heterocycles. The van der Waals surface area contributed by atoms with Gasteiger partial charge in [-0.3, -0.25) is 14.9 Å². The third-order valence-corrected chi connectivity index (χ3v) is 2.53. The number of hydrogen-bond donors (Lipinski definition) is 1. The first kappa shape index (κ1) is 11.6. The summed E-state index contributed by atoms with van der Waals surface area (Å²) in [5.41, 5.74) is 6.22. The lowest BCUT2D eigenvalue weighted by molar-refractivity contribution is -0.385. The fourth-order valence-corrected chi connectivity index (χ4v) is 1.57. The van der Waals surface area contributed by atoms with E-state index in [1.807, 2.05) is 0 Å². The van der Waals surface area contributed by atoms with E-state index in [0.717, 1.165) is 0 Å². The van der Waals surface area contributed by atoms with Crippen molar-refractivity contribution in [1.82, 2.24) is 0 Å². The van der Waals surface area contributed by atoms with E-state index in [1.54, 1.807) is 0 Å². The van der Waals surface area contributed by atoms with Crippen LogP contribution in [0, 0.1) is 17.0 Å². The van der Waals surface area contributed by atoms with Crippen molar-refractivity contribution in [2.45, 2.75) is 6.92 Å². The molecule has 5 nitrogen and oxygen atoms in total. The van der Waals surface area contributed by atoms with Crippen molar-refractivity contribution in [1.29, 1.82) is 0 Å². The van der Waals surface area contributed by atoms with Crippen LogP contribution in [0.2, 0.25) is 0 Å². The molecule has 0 atom stereocenters. The molecule has 1 aromatic carbocycles. The predicted molar refractivity (Wildman–Crippen MR) is 60.4 cm³/mol. The van der Waals surface area contributed by atoms with Crippen molar-refractivity contribution in [3.63, 3.8) is 0 Å². The van der Waals surface area contributed by atoms with Gasteiger partial charge in [-0.2, -0.15) is 0 Å². The smallest absolute Gasteiger partial charge is 0.275 e. The Morgan fingerprint density at radius 1 is 1.60 bits per heavy atom. The standard InChI is InChI=1S/C9H9BrN2O3/c1-5-7(9(13)4-10)2-6(11)3-8(5)12(14)15/h2-3H,4,11H2,1H3. The van der Waals surface area contributed by atoms with E-state index in [1.165, 1.54) is 19.1 Å². The number of alkyl halides is 1. The molecule has 0 radical (unpaired) electrons. The van der Waals surface area contributed by atoms with Crippen molar-refractivity contribution >= 4 is 33.1 Å². The van der Waals surface area contributed by atoms with Gasteiger partial charge in [0.05, 0.1) is 10.3 Å². The average Bonchev–Trinajstić information content (AvgIpc) is 2.19. The Labute approximate surface area is 94.5 Å². The van der Waals surface area contributed by atoms with E-state index in [9.17, 15) is 14.9 Å². The molecular weight excluding hydrogens is 264 g/mol. The highest BCUT2D eigenvalue weighted by Crippen LogP contribution is 2.25. The molecule has 0 saturated carbocycles. The molecule has 0 aliphatic carbocycles. The SMILES string of the molecule is Cc1c(C(=O)CBr)cc(N)cc1[N+](=O)[O-]. The molecular formula is C9H9BrN2O3. The number of hydrogen-bond acceptors (Lipinski definition) is 4. The lowest BCUT2D eigenvalue weighted by atomic mass is 10.0. The van der Waals surface area contributed by atoms with Gasteiger partial charge in [0.2, 0.25) is 0 Å². The summed E-state index contributed by atoms with van der Waals surface area (Å²) in [6.45, 7) is 1.54. The number of halogens is 1. The summed E-state index contributed by atoms with van der Waals surface area (Å²) in [4.78, 5) is 21.6. The molecule has 6 heteroatoms. The van der Waals surface area contributed by atoms with Gasteiger partial charge in [-0.05, 0) is 13.0 Å². The summed E-state index contributed by atoms with van der Waals surface area (Å²) >= 11 is 3.01. The number of rotatable bonds is 3. The van der Waals surface area contributed by atoms with Gasteiger partial charge in [0.15, 0.2) is 5.78 Å². The van der Waals surface area contributed by atoms with Gasteiger partial charge in [-0.1, -0.05) is 15.9 Å². The van der Waals surface area contributed by atoms with Crippen LogP contribution in [0.5, 0.6) is 0 Å².